The van der Waals surface area contributed by atoms with Crippen molar-refractivity contribution in [2.45, 2.75) is 79.3 Å². The zero-order valence-corrected chi connectivity index (χ0v) is 52.6. The van der Waals surface area contributed by atoms with Crippen molar-refractivity contribution in [3.63, 3.8) is 0 Å². The van der Waals surface area contributed by atoms with Crippen molar-refractivity contribution in [3.05, 3.63) is 271 Å². The number of hydrogen-bond acceptors (Lipinski definition) is 8. The lowest BCUT2D eigenvalue weighted by Gasteiger charge is -2.32. The molecule has 0 amide bonds. The molecule has 13 rings (SSSR count). The highest BCUT2D eigenvalue weighted by Gasteiger charge is 2.51. The maximum atomic E-state index is 9.09. The van der Waals surface area contributed by atoms with E-state index in [0.717, 1.165) is 58.1 Å². The number of aromatic nitrogens is 6. The number of halogens is 4. The van der Waals surface area contributed by atoms with Crippen molar-refractivity contribution in [2.24, 2.45) is 0 Å². The second-order valence-electron chi connectivity index (χ2n) is 22.7. The van der Waals surface area contributed by atoms with E-state index in [4.69, 9.17) is 71.5 Å². The van der Waals surface area contributed by atoms with Gasteiger partial charge in [-0.2, -0.15) is 15.8 Å². The Balaban J connectivity index is 0.000000135. The van der Waals surface area contributed by atoms with Gasteiger partial charge in [0, 0.05) is 81.2 Å². The maximum Gasteiger partial charge on any atom is 0.494 e. The van der Waals surface area contributed by atoms with Crippen LogP contribution in [-0.2, 0) is 28.9 Å². The van der Waals surface area contributed by atoms with Crippen LogP contribution >= 0.6 is 46.4 Å². The third-order valence-corrected chi connectivity index (χ3v) is 16.4. The molecule has 1 aliphatic rings. The molecular weight excluding hydrogens is 1180 g/mol. The Morgan fingerprint density at radius 2 is 0.795 bits per heavy atom. The van der Waals surface area contributed by atoms with E-state index in [1.54, 1.807) is 24.3 Å². The highest BCUT2D eigenvalue weighted by molar-refractivity contribution is 6.62. The lowest BCUT2D eigenvalue weighted by molar-refractivity contribution is 0.00578. The van der Waals surface area contributed by atoms with Crippen molar-refractivity contribution in [1.82, 2.24) is 28.7 Å². The number of hydrogen-bond donors (Lipinski definition) is 0. The number of benzene rings is 6. The number of aryl methyl sites for hydroxylation is 3. The van der Waals surface area contributed by atoms with Gasteiger partial charge in [-0.3, -0.25) is 0 Å². The molecule has 12 aromatic rings. The third-order valence-electron chi connectivity index (χ3n) is 15.6. The molecule has 0 unspecified atom stereocenters. The van der Waals surface area contributed by atoms with Crippen LogP contribution in [0, 0.1) is 54.8 Å². The predicted octanol–water partition coefficient (Wildman–Crippen LogP) is 17.7. The monoisotopic (exact) mass is 1230 g/mol. The Morgan fingerprint density at radius 3 is 1.25 bits per heavy atom. The van der Waals surface area contributed by atoms with Gasteiger partial charge in [0.05, 0.1) is 16.9 Å². The number of nitrogens with zero attached hydrogens (tertiary/aromatic N) is 9. The van der Waals surface area contributed by atoms with Crippen LogP contribution in [0.5, 0.6) is 0 Å². The minimum atomic E-state index is -0.315. The van der Waals surface area contributed by atoms with Crippen LogP contribution in [0.4, 0.5) is 0 Å². The predicted molar refractivity (Wildman–Crippen MR) is 357 cm³/mol. The summed E-state index contributed by atoms with van der Waals surface area (Å²) in [4.78, 5) is 12.0. The molecule has 0 spiro atoms. The Hall–Kier alpha value is -9.00. The fraction of sp³-hybridized carbons (Fsp3) is 0.167. The first kappa shape index (κ1) is 62.1. The highest BCUT2D eigenvalue weighted by atomic mass is 35.5. The van der Waals surface area contributed by atoms with Crippen LogP contribution < -0.4 is 5.46 Å². The molecule has 0 aliphatic carbocycles. The molecule has 0 atom stereocenters. The van der Waals surface area contributed by atoms with E-state index in [1.165, 1.54) is 61.9 Å². The van der Waals surface area contributed by atoms with Gasteiger partial charge in [0.25, 0.3) is 0 Å². The summed E-state index contributed by atoms with van der Waals surface area (Å²) >= 11 is 23.2. The standard InChI is InChI=1S/C22H26BNO2.2C22H16ClN3.C6H2Cl2N2/c1-16-6-8-17(9-7-16)15-24-13-12-18-14-19(10-11-20(18)24)23-25-21(2,3)22(4,5)26-23;1-15-2-4-16(5-3-15)14-26-9-8-18-10-17(6-7-22(18)26)21-12-19(23)11-20(13-24)25-21;1-15-2-4-16(5-3-15)14-26-9-8-18-10-17(6-7-21(18)26)19-11-20(13-24)25-22(23)12-19;7-4-1-5(3-9)10-6(8)2-4/h6-14H,15H2,1-5H3;2*2-12H,14H2,1H3;1-2H. The average molecular weight is 1240 g/mol. The molecule has 6 aromatic carbocycles. The van der Waals surface area contributed by atoms with Gasteiger partial charge in [-0.15, -0.1) is 0 Å². The lowest BCUT2D eigenvalue weighted by Crippen LogP contribution is -2.41. The summed E-state index contributed by atoms with van der Waals surface area (Å²) in [5, 5.41) is 31.6. The van der Waals surface area contributed by atoms with Crippen molar-refractivity contribution < 1.29 is 9.31 Å². The van der Waals surface area contributed by atoms with Gasteiger partial charge in [-0.25, -0.2) is 15.0 Å². The average Bonchev–Trinajstić information content (AvgIpc) is 2.16. The van der Waals surface area contributed by atoms with E-state index in [1.807, 2.05) is 12.1 Å². The smallest absolute Gasteiger partial charge is 0.399 e. The number of nitriles is 3. The van der Waals surface area contributed by atoms with E-state index in [2.05, 4.69) is 247 Å². The molecule has 436 valence electrons. The van der Waals surface area contributed by atoms with Crippen molar-refractivity contribution in [3.8, 4) is 40.6 Å². The topological polar surface area (TPSA) is 143 Å². The van der Waals surface area contributed by atoms with Crippen LogP contribution in [0.1, 0.15) is 78.2 Å². The van der Waals surface area contributed by atoms with E-state index < -0.39 is 0 Å². The summed E-state index contributed by atoms with van der Waals surface area (Å²) in [7, 11) is -0.315. The summed E-state index contributed by atoms with van der Waals surface area (Å²) < 4.78 is 19.1. The molecule has 0 radical (unpaired) electrons. The molecule has 0 N–H and O–H groups in total. The fourth-order valence-corrected chi connectivity index (χ4v) is 11.0. The first-order valence-corrected chi connectivity index (χ1v) is 29.9. The minimum Gasteiger partial charge on any atom is -0.399 e. The van der Waals surface area contributed by atoms with Gasteiger partial charge < -0.3 is 23.0 Å². The molecule has 1 saturated heterocycles. The first-order valence-electron chi connectivity index (χ1n) is 28.4. The van der Waals surface area contributed by atoms with Crippen molar-refractivity contribution >= 4 is 91.7 Å². The second kappa shape index (κ2) is 27.0. The molecule has 7 heterocycles. The Morgan fingerprint density at radius 1 is 0.409 bits per heavy atom. The van der Waals surface area contributed by atoms with Crippen LogP contribution in [0.3, 0.4) is 0 Å². The molecular formula is C72H60BCl4N9O2. The Bertz CT molecular complexity index is 4410. The van der Waals surface area contributed by atoms with E-state index >= 15 is 0 Å². The van der Waals surface area contributed by atoms with Gasteiger partial charge in [0.1, 0.15) is 45.6 Å². The molecule has 1 aliphatic heterocycles. The lowest BCUT2D eigenvalue weighted by atomic mass is 9.78. The van der Waals surface area contributed by atoms with Gasteiger partial charge in [-0.1, -0.05) is 160 Å². The summed E-state index contributed by atoms with van der Waals surface area (Å²) in [6.45, 7) is 17.2. The maximum absolute atomic E-state index is 9.09. The molecule has 0 saturated carbocycles. The van der Waals surface area contributed by atoms with Gasteiger partial charge in [0.2, 0.25) is 0 Å². The van der Waals surface area contributed by atoms with E-state index in [9.17, 15) is 0 Å². The first-order chi connectivity index (χ1) is 42.2. The van der Waals surface area contributed by atoms with Gasteiger partial charge >= 0.3 is 7.12 Å². The van der Waals surface area contributed by atoms with E-state index in [-0.39, 0.29) is 29.2 Å². The zero-order valence-electron chi connectivity index (χ0n) is 49.6. The number of rotatable bonds is 9. The quantitative estimate of drug-likeness (QED) is 0.103. The summed E-state index contributed by atoms with van der Waals surface area (Å²) in [6, 6.07) is 67.0. The molecule has 11 nitrogen and oxygen atoms in total. The SMILES string of the molecule is Cc1ccc(Cn2ccc3cc(-c4cc(Cl)cc(C#N)n4)ccc32)cc1.Cc1ccc(Cn2ccc3cc(-c4cc(Cl)nc(C#N)c4)ccc32)cc1.Cc1ccc(Cn2ccc3cc(B4OC(C)(C)C(C)(C)O4)ccc32)cc1.N#Cc1cc(Cl)cc(Cl)n1. The summed E-state index contributed by atoms with van der Waals surface area (Å²) in [6.07, 6.45) is 6.35. The van der Waals surface area contributed by atoms with Crippen LogP contribution in [0.15, 0.2) is 201 Å². The van der Waals surface area contributed by atoms with Crippen LogP contribution in [-0.4, -0.2) is 47.0 Å². The summed E-state index contributed by atoms with van der Waals surface area (Å²) in [5.41, 5.74) is 16.1. The van der Waals surface area contributed by atoms with Gasteiger partial charge in [-0.05, 0) is 172 Å². The third kappa shape index (κ3) is 15.0. The molecule has 1 fully saturated rings. The van der Waals surface area contributed by atoms with Crippen molar-refractivity contribution in [1.29, 1.82) is 15.8 Å². The molecule has 88 heavy (non-hydrogen) atoms. The molecule has 0 bridgehead atoms. The highest BCUT2D eigenvalue weighted by Crippen LogP contribution is 2.37. The fourth-order valence-electron chi connectivity index (χ4n) is 10.1. The number of pyridine rings is 3. The van der Waals surface area contributed by atoms with Crippen LogP contribution in [0.25, 0.3) is 55.1 Å². The Kier molecular flexibility index (Phi) is 19.0. The van der Waals surface area contributed by atoms with Gasteiger partial charge in [0.15, 0.2) is 0 Å². The minimum absolute atomic E-state index is 0.234. The van der Waals surface area contributed by atoms with Crippen molar-refractivity contribution in [2.75, 3.05) is 0 Å². The summed E-state index contributed by atoms with van der Waals surface area (Å²) in [5.74, 6) is 0. The Labute approximate surface area is 533 Å². The van der Waals surface area contributed by atoms with Crippen LogP contribution in [0.2, 0.25) is 20.4 Å². The largest absolute Gasteiger partial charge is 0.494 e. The van der Waals surface area contributed by atoms with E-state index in [0.29, 0.717) is 32.3 Å². The number of fused-ring (bicyclic) bond motifs is 3. The normalized spacial score (nSPS) is 12.9. The molecule has 6 aromatic heterocycles. The second-order valence-corrected chi connectivity index (χ2v) is 24.3. The zero-order chi connectivity index (χ0) is 62.3. The molecule has 16 heteroatoms.